The topological polar surface area (TPSA) is 117 Å². The molecule has 1 aliphatic carbocycles. The van der Waals surface area contributed by atoms with E-state index in [1.807, 2.05) is 0 Å². The van der Waals surface area contributed by atoms with Crippen molar-refractivity contribution in [3.63, 3.8) is 0 Å². The number of aromatic nitrogens is 3. The van der Waals surface area contributed by atoms with Gasteiger partial charge in [0.2, 0.25) is 0 Å². The minimum atomic E-state index is -0.896. The second-order valence-electron chi connectivity index (χ2n) is 4.58. The Bertz CT molecular complexity index is 572. The number of carboxylic acid groups (broad SMARTS) is 1. The lowest BCUT2D eigenvalue weighted by atomic mass is 10.1. The summed E-state index contributed by atoms with van der Waals surface area (Å²) in [6.07, 6.45) is 3.58. The van der Waals surface area contributed by atoms with Crippen molar-refractivity contribution in [2.75, 3.05) is 5.32 Å². The number of hydrogen-bond donors (Lipinski definition) is 3. The van der Waals surface area contributed by atoms with Crippen LogP contribution in [0.2, 0.25) is 0 Å². The van der Waals surface area contributed by atoms with E-state index in [4.69, 9.17) is 5.11 Å². The molecule has 2 rings (SSSR count). The molecule has 2 amide bonds. The van der Waals surface area contributed by atoms with Crippen LogP contribution in [-0.2, 0) is 4.79 Å². The number of urea groups is 1. The zero-order chi connectivity index (χ0) is 14.7. The van der Waals surface area contributed by atoms with Gasteiger partial charge in [0.1, 0.15) is 0 Å². The predicted octanol–water partition coefficient (Wildman–Crippen LogP) is 0.639. The van der Waals surface area contributed by atoms with Crippen LogP contribution in [0, 0.1) is 19.8 Å². The van der Waals surface area contributed by atoms with Crippen molar-refractivity contribution < 1.29 is 14.7 Å². The summed E-state index contributed by atoms with van der Waals surface area (Å²) in [5.41, 5.74) is 1.38. The summed E-state index contributed by atoms with van der Waals surface area (Å²) in [7, 11) is 0. The highest BCUT2D eigenvalue weighted by molar-refractivity contribution is 5.87. The third-order valence-corrected chi connectivity index (χ3v) is 3.03. The van der Waals surface area contributed by atoms with E-state index in [2.05, 4.69) is 25.8 Å². The first-order valence-corrected chi connectivity index (χ1v) is 6.12. The van der Waals surface area contributed by atoms with Crippen LogP contribution in [0.1, 0.15) is 17.8 Å². The molecule has 1 aromatic heterocycles. The Hall–Kier alpha value is -2.51. The van der Waals surface area contributed by atoms with E-state index in [0.717, 1.165) is 0 Å². The number of anilines is 1. The van der Waals surface area contributed by atoms with Crippen LogP contribution in [0.25, 0.3) is 0 Å². The van der Waals surface area contributed by atoms with Crippen molar-refractivity contribution >= 4 is 17.9 Å². The Labute approximate surface area is 115 Å². The summed E-state index contributed by atoms with van der Waals surface area (Å²) in [5, 5.41) is 21.6. The Morgan fingerprint density at radius 2 is 2.00 bits per heavy atom. The number of nitrogens with one attached hydrogen (secondary N) is 2. The Kier molecular flexibility index (Phi) is 3.92. The highest BCUT2D eigenvalue weighted by Crippen LogP contribution is 2.17. The van der Waals surface area contributed by atoms with Gasteiger partial charge in [0.25, 0.3) is 5.95 Å². The van der Waals surface area contributed by atoms with E-state index >= 15 is 0 Å². The molecular weight excluding hydrogens is 262 g/mol. The second kappa shape index (κ2) is 5.64. The fourth-order valence-corrected chi connectivity index (χ4v) is 1.80. The maximum absolute atomic E-state index is 11.7. The molecule has 8 nitrogen and oxygen atoms in total. The van der Waals surface area contributed by atoms with Crippen LogP contribution < -0.4 is 10.6 Å². The Balaban J connectivity index is 1.89. The van der Waals surface area contributed by atoms with E-state index in [1.54, 1.807) is 26.0 Å². The molecule has 0 aromatic carbocycles. The molecular formula is C12H15N5O3. The minimum absolute atomic E-state index is 0.113. The van der Waals surface area contributed by atoms with Gasteiger partial charge in [-0.1, -0.05) is 12.2 Å². The van der Waals surface area contributed by atoms with E-state index in [9.17, 15) is 9.59 Å². The summed E-state index contributed by atoms with van der Waals surface area (Å²) in [4.78, 5) is 26.6. The van der Waals surface area contributed by atoms with Gasteiger partial charge in [0, 0.05) is 0 Å². The monoisotopic (exact) mass is 277 g/mol. The normalized spacial score (nSPS) is 20.7. The molecule has 0 bridgehead atoms. The average molecular weight is 277 g/mol. The maximum Gasteiger partial charge on any atom is 0.322 e. The molecule has 2 atom stereocenters. The predicted molar refractivity (Wildman–Crippen MR) is 70.1 cm³/mol. The van der Waals surface area contributed by atoms with Gasteiger partial charge in [-0.25, -0.2) is 9.78 Å². The molecule has 0 saturated heterocycles. The van der Waals surface area contributed by atoms with Crippen LogP contribution in [0.4, 0.5) is 10.7 Å². The van der Waals surface area contributed by atoms with Crippen LogP contribution in [-0.4, -0.2) is 38.3 Å². The highest BCUT2D eigenvalue weighted by Gasteiger charge is 2.25. The first-order chi connectivity index (χ1) is 9.45. The number of hydrogen-bond acceptors (Lipinski definition) is 5. The van der Waals surface area contributed by atoms with Crippen molar-refractivity contribution in [3.8, 4) is 0 Å². The number of carbonyl (C=O) groups excluding carboxylic acids is 1. The average Bonchev–Trinajstić information content (AvgIpc) is 2.82. The molecule has 0 fully saturated rings. The Morgan fingerprint density at radius 1 is 1.25 bits per heavy atom. The zero-order valence-electron chi connectivity index (χ0n) is 11.1. The minimum Gasteiger partial charge on any atom is -0.481 e. The molecule has 1 aromatic rings. The zero-order valence-corrected chi connectivity index (χ0v) is 11.1. The number of nitrogens with zero attached hydrogens (tertiary/aromatic N) is 3. The smallest absolute Gasteiger partial charge is 0.322 e. The van der Waals surface area contributed by atoms with Gasteiger partial charge >= 0.3 is 12.0 Å². The first-order valence-electron chi connectivity index (χ1n) is 6.12. The van der Waals surface area contributed by atoms with Crippen molar-refractivity contribution in [2.24, 2.45) is 5.92 Å². The molecule has 2 unspecified atom stereocenters. The van der Waals surface area contributed by atoms with Crippen molar-refractivity contribution in [2.45, 2.75) is 26.3 Å². The number of aliphatic carboxylic acids is 1. The lowest BCUT2D eigenvalue weighted by Gasteiger charge is -2.12. The van der Waals surface area contributed by atoms with Gasteiger partial charge in [-0.3, -0.25) is 10.1 Å². The molecule has 106 valence electrons. The quantitative estimate of drug-likeness (QED) is 0.698. The Morgan fingerprint density at radius 3 is 2.60 bits per heavy atom. The number of carbonyl (C=O) groups is 2. The molecule has 0 spiro atoms. The fourth-order valence-electron chi connectivity index (χ4n) is 1.80. The summed E-state index contributed by atoms with van der Waals surface area (Å²) in [5.74, 6) is -1.34. The third-order valence-electron chi connectivity index (χ3n) is 3.03. The van der Waals surface area contributed by atoms with Gasteiger partial charge in [-0.2, -0.15) is 5.10 Å². The molecule has 20 heavy (non-hydrogen) atoms. The number of amides is 2. The van der Waals surface area contributed by atoms with Crippen LogP contribution in [0.3, 0.4) is 0 Å². The van der Waals surface area contributed by atoms with Gasteiger partial charge < -0.3 is 10.4 Å². The van der Waals surface area contributed by atoms with E-state index in [1.165, 1.54) is 0 Å². The molecule has 1 heterocycles. The molecule has 3 N–H and O–H groups in total. The maximum atomic E-state index is 11.7. The lowest BCUT2D eigenvalue weighted by molar-refractivity contribution is -0.140. The highest BCUT2D eigenvalue weighted by atomic mass is 16.4. The second-order valence-corrected chi connectivity index (χ2v) is 4.58. The first kappa shape index (κ1) is 13.9. The fraction of sp³-hybridized carbons (Fsp3) is 0.417. The van der Waals surface area contributed by atoms with Crippen molar-refractivity contribution in [1.29, 1.82) is 0 Å². The summed E-state index contributed by atoms with van der Waals surface area (Å²) < 4.78 is 0. The number of rotatable bonds is 3. The van der Waals surface area contributed by atoms with Crippen molar-refractivity contribution in [3.05, 3.63) is 23.5 Å². The third kappa shape index (κ3) is 3.28. The van der Waals surface area contributed by atoms with Gasteiger partial charge in [0.05, 0.1) is 23.3 Å². The van der Waals surface area contributed by atoms with E-state index in [0.29, 0.717) is 17.8 Å². The standard InChI is InChI=1S/C12H15N5O3/c1-6-7(2)16-17-11(13-6)15-12(20)14-9-4-3-8(5-9)10(18)19/h3-4,8-9H,5H2,1-2H3,(H,18,19)(H2,13,14,15,17,20). The van der Waals surface area contributed by atoms with E-state index in [-0.39, 0.29) is 12.0 Å². The molecule has 0 aliphatic heterocycles. The SMILES string of the molecule is Cc1nnc(NC(=O)NC2C=CC(C(=O)O)C2)nc1C. The van der Waals surface area contributed by atoms with Crippen LogP contribution in [0.5, 0.6) is 0 Å². The van der Waals surface area contributed by atoms with Gasteiger partial charge in [-0.15, -0.1) is 5.10 Å². The van der Waals surface area contributed by atoms with E-state index < -0.39 is 17.9 Å². The summed E-state index contributed by atoms with van der Waals surface area (Å²) in [6, 6.07) is -0.800. The van der Waals surface area contributed by atoms with Crippen LogP contribution in [0.15, 0.2) is 12.2 Å². The molecule has 0 radical (unpaired) electrons. The van der Waals surface area contributed by atoms with Gasteiger partial charge in [-0.05, 0) is 20.3 Å². The van der Waals surface area contributed by atoms with Gasteiger partial charge in [0.15, 0.2) is 0 Å². The molecule has 1 aliphatic rings. The molecule has 8 heteroatoms. The van der Waals surface area contributed by atoms with Crippen LogP contribution >= 0.6 is 0 Å². The number of carboxylic acids is 1. The van der Waals surface area contributed by atoms with Crippen molar-refractivity contribution in [1.82, 2.24) is 20.5 Å². The lowest BCUT2D eigenvalue weighted by Crippen LogP contribution is -2.37. The molecule has 0 saturated carbocycles. The summed E-state index contributed by atoms with van der Waals surface area (Å²) in [6.45, 7) is 3.54. The summed E-state index contributed by atoms with van der Waals surface area (Å²) >= 11 is 0. The number of aryl methyl sites for hydroxylation is 2. The largest absolute Gasteiger partial charge is 0.481 e.